The van der Waals surface area contributed by atoms with Gasteiger partial charge < -0.3 is 4.57 Å². The summed E-state index contributed by atoms with van der Waals surface area (Å²) in [6, 6.07) is 7.29. The van der Waals surface area contributed by atoms with Gasteiger partial charge in [0.05, 0.1) is 22.8 Å². The molecular formula is C16H17N5O2S2. The smallest absolute Gasteiger partial charge is 0.265 e. The highest BCUT2D eigenvalue weighted by atomic mass is 32.2. The molecule has 25 heavy (non-hydrogen) atoms. The monoisotopic (exact) mass is 375 g/mol. The fraction of sp³-hybridized carbons (Fsp3) is 0.250. The predicted octanol–water partition coefficient (Wildman–Crippen LogP) is 2.80. The number of H-pyrrole nitrogens is 1. The number of rotatable bonds is 4. The zero-order chi connectivity index (χ0) is 17.6. The molecule has 7 nitrogen and oxygen atoms in total. The molecule has 0 radical (unpaired) electrons. The van der Waals surface area contributed by atoms with Crippen molar-refractivity contribution in [1.82, 2.24) is 19.7 Å². The molecule has 9 heteroatoms. The van der Waals surface area contributed by atoms with Crippen molar-refractivity contribution in [3.8, 4) is 11.3 Å². The van der Waals surface area contributed by atoms with Crippen molar-refractivity contribution < 1.29 is 8.42 Å². The van der Waals surface area contributed by atoms with Crippen molar-refractivity contribution in [2.75, 3.05) is 10.5 Å². The first-order chi connectivity index (χ1) is 12.0. The quantitative estimate of drug-likeness (QED) is 0.731. The van der Waals surface area contributed by atoms with Crippen molar-refractivity contribution in [2.24, 2.45) is 0 Å². The zero-order valence-corrected chi connectivity index (χ0v) is 15.4. The van der Waals surface area contributed by atoms with Crippen LogP contribution in [0.5, 0.6) is 0 Å². The number of hydrogen-bond acceptors (Lipinski definition) is 5. The minimum atomic E-state index is -3.74. The molecule has 0 spiro atoms. The molecule has 2 N–H and O–H groups in total. The molecule has 4 rings (SSSR count). The van der Waals surface area contributed by atoms with Crippen LogP contribution in [0.1, 0.15) is 11.4 Å². The third-order valence-corrected chi connectivity index (χ3v) is 6.68. The number of para-hydroxylation sites is 1. The number of fused-ring (bicyclic) bond motifs is 1. The summed E-state index contributed by atoms with van der Waals surface area (Å²) in [7, 11) is -3.74. The Hall–Kier alpha value is -2.26. The Bertz CT molecular complexity index is 1010. The highest BCUT2D eigenvalue weighted by Crippen LogP contribution is 2.33. The summed E-state index contributed by atoms with van der Waals surface area (Å²) >= 11 is 1.71. The first-order valence-electron chi connectivity index (χ1n) is 7.79. The maximum Gasteiger partial charge on any atom is 0.265 e. The van der Waals surface area contributed by atoms with Crippen molar-refractivity contribution in [1.29, 1.82) is 0 Å². The number of anilines is 1. The fourth-order valence-electron chi connectivity index (χ4n) is 2.97. The Morgan fingerprint density at radius 1 is 1.28 bits per heavy atom. The summed E-state index contributed by atoms with van der Waals surface area (Å²) in [5, 5.41) is 7.66. The van der Waals surface area contributed by atoms with E-state index >= 15 is 0 Å². The van der Waals surface area contributed by atoms with E-state index in [0.29, 0.717) is 17.1 Å². The molecule has 0 atom stereocenters. The second-order valence-electron chi connectivity index (χ2n) is 5.86. The number of nitrogens with one attached hydrogen (secondary N) is 2. The van der Waals surface area contributed by atoms with Gasteiger partial charge >= 0.3 is 0 Å². The van der Waals surface area contributed by atoms with Gasteiger partial charge in [0.25, 0.3) is 10.0 Å². The minimum Gasteiger partial charge on any atom is -0.325 e. The predicted molar refractivity (Wildman–Crippen MR) is 97.3 cm³/mol. The maximum atomic E-state index is 12.8. The third kappa shape index (κ3) is 2.83. The summed E-state index contributed by atoms with van der Waals surface area (Å²) in [5.41, 5.74) is 2.98. The number of aromatic amines is 1. The average Bonchev–Trinajstić information content (AvgIpc) is 3.22. The summed E-state index contributed by atoms with van der Waals surface area (Å²) in [6.45, 7) is 4.28. The average molecular weight is 375 g/mol. The molecule has 0 saturated heterocycles. The Morgan fingerprint density at radius 2 is 2.08 bits per heavy atom. The number of aromatic nitrogens is 4. The van der Waals surface area contributed by atoms with Gasteiger partial charge in [0.1, 0.15) is 4.90 Å². The second kappa shape index (κ2) is 5.92. The van der Waals surface area contributed by atoms with Crippen LogP contribution < -0.4 is 4.72 Å². The van der Waals surface area contributed by atoms with E-state index in [2.05, 4.69) is 24.5 Å². The molecule has 0 bridgehead atoms. The van der Waals surface area contributed by atoms with E-state index in [1.807, 2.05) is 18.3 Å². The van der Waals surface area contributed by atoms with Crippen molar-refractivity contribution in [3.63, 3.8) is 0 Å². The van der Waals surface area contributed by atoms with Gasteiger partial charge in [-0.3, -0.25) is 9.82 Å². The van der Waals surface area contributed by atoms with E-state index in [-0.39, 0.29) is 4.90 Å². The van der Waals surface area contributed by atoms with Crippen LogP contribution in [-0.2, 0) is 16.6 Å². The number of hydrogen-bond donors (Lipinski definition) is 2. The molecule has 0 fully saturated rings. The number of sulfonamides is 1. The number of imidazole rings is 1. The largest absolute Gasteiger partial charge is 0.325 e. The van der Waals surface area contributed by atoms with Crippen LogP contribution in [0.25, 0.3) is 11.3 Å². The molecular weight excluding hydrogens is 358 g/mol. The molecule has 3 heterocycles. The van der Waals surface area contributed by atoms with E-state index < -0.39 is 10.0 Å². The van der Waals surface area contributed by atoms with Gasteiger partial charge in [-0.1, -0.05) is 30.0 Å². The second-order valence-corrected chi connectivity index (χ2v) is 8.55. The molecule has 1 aromatic carbocycles. The third-order valence-electron chi connectivity index (χ3n) is 4.08. The molecule has 1 aliphatic rings. The van der Waals surface area contributed by atoms with Gasteiger partial charge in [-0.2, -0.15) is 5.10 Å². The van der Waals surface area contributed by atoms with Crippen molar-refractivity contribution >= 4 is 27.5 Å². The molecule has 3 aromatic rings. The molecule has 0 unspecified atom stereocenters. The van der Waals surface area contributed by atoms with Crippen molar-refractivity contribution in [2.45, 2.75) is 30.4 Å². The van der Waals surface area contributed by atoms with E-state index in [1.165, 1.54) is 0 Å². The van der Waals surface area contributed by atoms with Gasteiger partial charge in [0, 0.05) is 24.1 Å². The number of aryl methyl sites for hydroxylation is 3. The van der Waals surface area contributed by atoms with Crippen LogP contribution in [0.3, 0.4) is 0 Å². The van der Waals surface area contributed by atoms with E-state index in [0.717, 1.165) is 28.7 Å². The lowest BCUT2D eigenvalue weighted by Crippen LogP contribution is -2.15. The number of benzene rings is 1. The highest BCUT2D eigenvalue weighted by molar-refractivity contribution is 7.99. The Kier molecular flexibility index (Phi) is 3.84. The molecule has 0 amide bonds. The fourth-order valence-corrected chi connectivity index (χ4v) is 5.36. The SMILES string of the molecule is Cc1n[nH]c(C)c1S(=O)(=O)Nc1ccccc1-c1cn2c(n1)SCC2. The lowest BCUT2D eigenvalue weighted by molar-refractivity contribution is 0.600. The first-order valence-corrected chi connectivity index (χ1v) is 10.3. The van der Waals surface area contributed by atoms with Crippen LogP contribution in [0.15, 0.2) is 40.5 Å². The van der Waals surface area contributed by atoms with Crippen LogP contribution >= 0.6 is 11.8 Å². The standard InChI is InChI=1S/C16H17N5O2S2/c1-10-15(11(2)19-18-10)25(22,23)20-13-6-4-3-5-12(13)14-9-21-7-8-24-16(21)17-14/h3-6,9,20H,7-8H2,1-2H3,(H,18,19). The lowest BCUT2D eigenvalue weighted by Gasteiger charge is -2.11. The Balaban J connectivity index is 1.74. The van der Waals surface area contributed by atoms with Crippen LogP contribution in [-0.4, -0.2) is 33.9 Å². The zero-order valence-electron chi connectivity index (χ0n) is 13.8. The van der Waals surface area contributed by atoms with Crippen LogP contribution in [0, 0.1) is 13.8 Å². The summed E-state index contributed by atoms with van der Waals surface area (Å²) in [5.74, 6) is 1.02. The molecule has 0 saturated carbocycles. The highest BCUT2D eigenvalue weighted by Gasteiger charge is 2.24. The number of nitrogens with zero attached hydrogens (tertiary/aromatic N) is 3. The normalized spacial score (nSPS) is 13.8. The lowest BCUT2D eigenvalue weighted by atomic mass is 10.1. The van der Waals surface area contributed by atoms with Crippen LogP contribution in [0.2, 0.25) is 0 Å². The topological polar surface area (TPSA) is 92.7 Å². The Labute approximate surface area is 149 Å². The van der Waals surface area contributed by atoms with Crippen molar-refractivity contribution in [3.05, 3.63) is 41.9 Å². The van der Waals surface area contributed by atoms with E-state index in [1.54, 1.807) is 37.7 Å². The van der Waals surface area contributed by atoms with Gasteiger partial charge in [0.2, 0.25) is 0 Å². The molecule has 2 aromatic heterocycles. The first kappa shape index (κ1) is 16.2. The molecule has 0 aliphatic carbocycles. The maximum absolute atomic E-state index is 12.8. The van der Waals surface area contributed by atoms with Gasteiger partial charge in [-0.15, -0.1) is 0 Å². The van der Waals surface area contributed by atoms with Crippen LogP contribution in [0.4, 0.5) is 5.69 Å². The summed E-state index contributed by atoms with van der Waals surface area (Å²) in [6.07, 6.45) is 1.97. The van der Waals surface area contributed by atoms with E-state index in [4.69, 9.17) is 0 Å². The number of thioether (sulfide) groups is 1. The molecule has 1 aliphatic heterocycles. The van der Waals surface area contributed by atoms with Gasteiger partial charge in [0.15, 0.2) is 5.16 Å². The summed E-state index contributed by atoms with van der Waals surface area (Å²) < 4.78 is 30.4. The molecule has 130 valence electrons. The Morgan fingerprint density at radius 3 is 2.80 bits per heavy atom. The summed E-state index contributed by atoms with van der Waals surface area (Å²) in [4.78, 5) is 4.81. The van der Waals surface area contributed by atoms with Gasteiger partial charge in [-0.25, -0.2) is 13.4 Å². The van der Waals surface area contributed by atoms with E-state index in [9.17, 15) is 8.42 Å². The van der Waals surface area contributed by atoms with Gasteiger partial charge in [-0.05, 0) is 19.9 Å². The minimum absolute atomic E-state index is 0.185.